The van der Waals surface area contributed by atoms with Crippen molar-refractivity contribution in [2.24, 2.45) is 0 Å². The van der Waals surface area contributed by atoms with Crippen LogP contribution in [0.5, 0.6) is 0 Å². The van der Waals surface area contributed by atoms with E-state index in [-0.39, 0.29) is 5.91 Å². The van der Waals surface area contributed by atoms with Gasteiger partial charge in [0.2, 0.25) is 5.91 Å². The molecule has 0 atom stereocenters. The van der Waals surface area contributed by atoms with E-state index in [0.717, 1.165) is 0 Å². The molecule has 1 amide bonds. The van der Waals surface area contributed by atoms with Crippen LogP contribution in [0, 0.1) is 11.5 Å². The Kier molecular flexibility index (Phi) is 2.61. The second-order valence-corrected chi connectivity index (χ2v) is 7.91. The summed E-state index contributed by atoms with van der Waals surface area (Å²) in [4.78, 5) is 10.8. The van der Waals surface area contributed by atoms with E-state index in [1.807, 2.05) is 25.8 Å². The van der Waals surface area contributed by atoms with Gasteiger partial charge in [-0.2, -0.15) is 5.26 Å². The van der Waals surface area contributed by atoms with Crippen molar-refractivity contribution in [2.75, 3.05) is 0 Å². The molecular weight excluding hydrogens is 144 g/mol. The minimum Gasteiger partial charge on any atom is -0.279 e. The number of hydrogen-bond donors (Lipinski definition) is 0. The third kappa shape index (κ3) is 2.19. The highest BCUT2D eigenvalue weighted by Gasteiger charge is 2.25. The van der Waals surface area contributed by atoms with Crippen LogP contribution >= 0.6 is 0 Å². The maximum absolute atomic E-state index is 10.8. The molecule has 3 nitrogen and oxygen atoms in total. The quantitative estimate of drug-likeness (QED) is 0.325. The van der Waals surface area contributed by atoms with Gasteiger partial charge in [-0.15, -0.1) is 0 Å². The maximum Gasteiger partial charge on any atom is 0.224 e. The van der Waals surface area contributed by atoms with Crippen LogP contribution in [-0.2, 0) is 4.79 Å². The number of nitriles is 1. The average Bonchev–Trinajstić information content (AvgIpc) is 1.60. The highest BCUT2D eigenvalue weighted by molar-refractivity contribution is 6.75. The zero-order valence-electron chi connectivity index (χ0n) is 6.80. The molecule has 0 unspecified atom stereocenters. The Hall–Kier alpha value is -0.823. The summed E-state index contributed by atoms with van der Waals surface area (Å²) in [6.07, 6.45) is 1.89. The molecular formula is C6H12N2OSi. The third-order valence-corrected chi connectivity index (χ3v) is 2.84. The molecule has 0 aliphatic rings. The highest BCUT2D eigenvalue weighted by atomic mass is 28.3. The first-order chi connectivity index (χ1) is 4.39. The minimum absolute atomic E-state index is 0.151. The molecule has 0 aliphatic carbocycles. The molecule has 0 aliphatic heterocycles. The number of rotatable bonds is 1. The van der Waals surface area contributed by atoms with Gasteiger partial charge < -0.3 is 0 Å². The Morgan fingerprint density at radius 1 is 1.50 bits per heavy atom. The largest absolute Gasteiger partial charge is 0.279 e. The van der Waals surface area contributed by atoms with Crippen LogP contribution in [0.1, 0.15) is 6.92 Å². The number of hydrogen-bond acceptors (Lipinski definition) is 2. The zero-order chi connectivity index (χ0) is 8.36. The Morgan fingerprint density at radius 2 is 1.90 bits per heavy atom. The van der Waals surface area contributed by atoms with E-state index in [2.05, 4.69) is 0 Å². The van der Waals surface area contributed by atoms with Gasteiger partial charge in [-0.05, 0) is 0 Å². The highest BCUT2D eigenvalue weighted by Crippen LogP contribution is 2.07. The van der Waals surface area contributed by atoms with Gasteiger partial charge in [-0.1, -0.05) is 19.6 Å². The zero-order valence-corrected chi connectivity index (χ0v) is 7.80. The molecule has 0 fully saturated rings. The Morgan fingerprint density at radius 3 is 1.90 bits per heavy atom. The summed E-state index contributed by atoms with van der Waals surface area (Å²) in [5.41, 5.74) is 0. The fourth-order valence-electron chi connectivity index (χ4n) is 0.693. The van der Waals surface area contributed by atoms with Gasteiger partial charge in [-0.25, -0.2) is 0 Å². The molecule has 0 aromatic heterocycles. The molecule has 0 aromatic carbocycles. The molecule has 0 radical (unpaired) electrons. The Bertz CT molecular complexity index is 177. The summed E-state index contributed by atoms with van der Waals surface area (Å²) in [5.74, 6) is -0.151. The predicted octanol–water partition coefficient (Wildman–Crippen LogP) is 1.15. The van der Waals surface area contributed by atoms with Gasteiger partial charge in [0.15, 0.2) is 14.4 Å². The molecule has 0 bridgehead atoms. The summed E-state index contributed by atoms with van der Waals surface area (Å²) in [5, 5.41) is 8.52. The van der Waals surface area contributed by atoms with E-state index in [1.54, 1.807) is 0 Å². The van der Waals surface area contributed by atoms with E-state index in [1.165, 1.54) is 11.5 Å². The van der Waals surface area contributed by atoms with Crippen LogP contribution in [0.3, 0.4) is 0 Å². The first-order valence-electron chi connectivity index (χ1n) is 3.10. The fraction of sp³-hybridized carbons (Fsp3) is 0.667. The van der Waals surface area contributed by atoms with E-state index in [4.69, 9.17) is 5.26 Å². The van der Waals surface area contributed by atoms with E-state index in [0.29, 0.717) is 0 Å². The molecule has 4 heteroatoms. The molecule has 0 aromatic rings. The van der Waals surface area contributed by atoms with Crippen molar-refractivity contribution < 1.29 is 4.79 Å². The summed E-state index contributed by atoms with van der Waals surface area (Å²) in [7, 11) is -1.73. The molecule has 0 saturated heterocycles. The smallest absolute Gasteiger partial charge is 0.224 e. The molecule has 10 heavy (non-hydrogen) atoms. The fourth-order valence-corrected chi connectivity index (χ4v) is 1.94. The lowest BCUT2D eigenvalue weighted by molar-refractivity contribution is -0.122. The second-order valence-electron chi connectivity index (χ2n) is 3.13. The van der Waals surface area contributed by atoms with Crippen molar-refractivity contribution in [2.45, 2.75) is 26.6 Å². The summed E-state index contributed by atoms with van der Waals surface area (Å²) in [6.45, 7) is 7.29. The van der Waals surface area contributed by atoms with Crippen LogP contribution < -0.4 is 0 Å². The van der Waals surface area contributed by atoms with Crippen molar-refractivity contribution in [1.29, 1.82) is 5.26 Å². The maximum atomic E-state index is 10.8. The van der Waals surface area contributed by atoms with Gasteiger partial charge in [-0.3, -0.25) is 9.36 Å². The van der Waals surface area contributed by atoms with Crippen LogP contribution in [0.4, 0.5) is 0 Å². The molecule has 56 valence electrons. The first kappa shape index (κ1) is 9.18. The number of amides is 1. The normalized spacial score (nSPS) is 10.3. The van der Waals surface area contributed by atoms with Crippen LogP contribution in [-0.4, -0.2) is 18.7 Å². The summed E-state index contributed by atoms with van der Waals surface area (Å²) < 4.78 is 1.28. The first-order valence-corrected chi connectivity index (χ1v) is 6.55. The Labute approximate surface area is 62.3 Å². The average molecular weight is 156 g/mol. The third-order valence-electron chi connectivity index (χ3n) is 1.09. The van der Waals surface area contributed by atoms with Gasteiger partial charge in [0.05, 0.1) is 0 Å². The second kappa shape index (κ2) is 2.84. The Balaban J connectivity index is 4.42. The van der Waals surface area contributed by atoms with Gasteiger partial charge in [0.25, 0.3) is 0 Å². The van der Waals surface area contributed by atoms with Crippen molar-refractivity contribution in [1.82, 2.24) is 4.57 Å². The predicted molar refractivity (Wildman–Crippen MR) is 41.5 cm³/mol. The molecule has 0 spiro atoms. The van der Waals surface area contributed by atoms with Gasteiger partial charge in [0, 0.05) is 6.92 Å². The number of carbonyl (C=O) groups excluding carboxylic acids is 1. The SMILES string of the molecule is CC(=O)N(C#N)[Si](C)(C)C. The number of nitrogens with zero attached hydrogens (tertiary/aromatic N) is 2. The van der Waals surface area contributed by atoms with E-state index >= 15 is 0 Å². The molecule has 0 rings (SSSR count). The van der Waals surface area contributed by atoms with Crippen molar-refractivity contribution in [3.05, 3.63) is 0 Å². The number of carbonyl (C=O) groups is 1. The monoisotopic (exact) mass is 156 g/mol. The van der Waals surface area contributed by atoms with Gasteiger partial charge in [0.1, 0.15) is 0 Å². The van der Waals surface area contributed by atoms with Crippen LogP contribution in [0.2, 0.25) is 19.6 Å². The lowest BCUT2D eigenvalue weighted by atomic mass is 10.7. The molecule has 0 heterocycles. The minimum atomic E-state index is -1.73. The lowest BCUT2D eigenvalue weighted by Crippen LogP contribution is -2.45. The van der Waals surface area contributed by atoms with Crippen molar-refractivity contribution >= 4 is 14.1 Å². The van der Waals surface area contributed by atoms with E-state index < -0.39 is 8.24 Å². The van der Waals surface area contributed by atoms with E-state index in [9.17, 15) is 4.79 Å². The topological polar surface area (TPSA) is 44.1 Å². The summed E-state index contributed by atoms with van der Waals surface area (Å²) in [6, 6.07) is 0. The summed E-state index contributed by atoms with van der Waals surface area (Å²) >= 11 is 0. The van der Waals surface area contributed by atoms with Crippen molar-refractivity contribution in [3.63, 3.8) is 0 Å². The lowest BCUT2D eigenvalue weighted by Gasteiger charge is -2.24. The van der Waals surface area contributed by atoms with Crippen LogP contribution in [0.15, 0.2) is 0 Å². The van der Waals surface area contributed by atoms with Crippen molar-refractivity contribution in [3.8, 4) is 6.19 Å². The van der Waals surface area contributed by atoms with Crippen LogP contribution in [0.25, 0.3) is 0 Å². The molecule has 0 saturated carbocycles. The van der Waals surface area contributed by atoms with Gasteiger partial charge >= 0.3 is 0 Å². The standard InChI is InChI=1S/C6H12N2OSi/c1-6(9)8(5-7)10(2,3)4/h1-4H3. The molecule has 0 N–H and O–H groups in total.